The summed E-state index contributed by atoms with van der Waals surface area (Å²) in [7, 11) is 3.41. The number of rotatable bonds is 7. The van der Waals surface area contributed by atoms with E-state index in [1.165, 1.54) is 16.5 Å². The highest BCUT2D eigenvalue weighted by Gasteiger charge is 2.19. The summed E-state index contributed by atoms with van der Waals surface area (Å²) < 4.78 is 11.1. The summed E-state index contributed by atoms with van der Waals surface area (Å²) in [5, 5.41) is 2.29. The Morgan fingerprint density at radius 3 is 2.53 bits per heavy atom. The van der Waals surface area contributed by atoms with Crippen molar-refractivity contribution >= 4 is 21.8 Å². The summed E-state index contributed by atoms with van der Waals surface area (Å²) in [6.07, 6.45) is 2.99. The molecule has 0 saturated carbocycles. The smallest absolute Gasteiger partial charge is 0.145 e. The van der Waals surface area contributed by atoms with Crippen molar-refractivity contribution < 1.29 is 9.47 Å². The van der Waals surface area contributed by atoms with Gasteiger partial charge in [0, 0.05) is 27.5 Å². The van der Waals surface area contributed by atoms with Gasteiger partial charge >= 0.3 is 0 Å². The quantitative estimate of drug-likeness (QED) is 0.411. The molecule has 2 aromatic carbocycles. The molecule has 2 heterocycles. The molecular weight excluding hydrogens is 374 g/mol. The number of aromatic nitrogens is 2. The molecule has 156 valence electrons. The molecule has 0 amide bonds. The Morgan fingerprint density at radius 1 is 0.967 bits per heavy atom. The van der Waals surface area contributed by atoms with E-state index in [0.717, 1.165) is 64.1 Å². The van der Waals surface area contributed by atoms with Gasteiger partial charge in [0.15, 0.2) is 0 Å². The average Bonchev–Trinajstić information content (AvgIpc) is 3.11. The highest BCUT2D eigenvalue weighted by molar-refractivity contribution is 6.02. The predicted octanol–water partition coefficient (Wildman–Crippen LogP) is 5.30. The lowest BCUT2D eigenvalue weighted by molar-refractivity contribution is 0.415. The van der Waals surface area contributed by atoms with Gasteiger partial charge < -0.3 is 20.2 Å². The van der Waals surface area contributed by atoms with Gasteiger partial charge in [0.2, 0.25) is 0 Å². The van der Waals surface area contributed by atoms with Crippen molar-refractivity contribution in [3.05, 3.63) is 53.2 Å². The number of H-pyrrole nitrogens is 1. The van der Waals surface area contributed by atoms with E-state index in [4.69, 9.17) is 20.2 Å². The molecule has 2 aromatic heterocycles. The first-order valence-electron chi connectivity index (χ1n) is 10.4. The van der Waals surface area contributed by atoms with Crippen molar-refractivity contribution in [1.29, 1.82) is 0 Å². The van der Waals surface area contributed by atoms with E-state index in [2.05, 4.69) is 42.2 Å². The van der Waals surface area contributed by atoms with Crippen LogP contribution in [0.2, 0.25) is 0 Å². The minimum Gasteiger partial charge on any atom is -0.497 e. The van der Waals surface area contributed by atoms with E-state index in [1.807, 2.05) is 13.0 Å². The maximum atomic E-state index is 5.77. The Bertz CT molecular complexity index is 1210. The Hall–Kier alpha value is -3.05. The summed E-state index contributed by atoms with van der Waals surface area (Å²) in [6, 6.07) is 12.5. The molecule has 0 radical (unpaired) electrons. The normalized spacial score (nSPS) is 11.4. The summed E-state index contributed by atoms with van der Waals surface area (Å²) in [4.78, 5) is 8.48. The minimum atomic E-state index is 0.703. The molecule has 5 heteroatoms. The number of methoxy groups -OCH3 is 2. The molecule has 30 heavy (non-hydrogen) atoms. The van der Waals surface area contributed by atoms with Crippen LogP contribution >= 0.6 is 0 Å². The van der Waals surface area contributed by atoms with Crippen LogP contribution in [0.15, 0.2) is 36.4 Å². The minimum absolute atomic E-state index is 0.703. The molecule has 0 saturated heterocycles. The van der Waals surface area contributed by atoms with Crippen molar-refractivity contribution in [2.24, 2.45) is 5.73 Å². The second-order valence-electron chi connectivity index (χ2n) is 7.76. The summed E-state index contributed by atoms with van der Waals surface area (Å²) in [6.45, 7) is 4.82. The van der Waals surface area contributed by atoms with Crippen LogP contribution in [0, 0.1) is 13.8 Å². The lowest BCUT2D eigenvalue weighted by Gasteiger charge is -2.12. The van der Waals surface area contributed by atoms with Crippen LogP contribution in [0.5, 0.6) is 11.5 Å². The summed E-state index contributed by atoms with van der Waals surface area (Å²) >= 11 is 0. The van der Waals surface area contributed by atoms with Gasteiger partial charge in [0.05, 0.1) is 19.9 Å². The van der Waals surface area contributed by atoms with Crippen molar-refractivity contribution in [2.75, 3.05) is 20.8 Å². The lowest BCUT2D eigenvalue weighted by atomic mass is 9.97. The van der Waals surface area contributed by atoms with Crippen LogP contribution in [-0.2, 0) is 6.42 Å². The number of nitrogens with one attached hydrogen (secondary N) is 1. The molecule has 4 rings (SSSR count). The number of hydrogen-bond acceptors (Lipinski definition) is 4. The Labute approximate surface area is 177 Å². The number of nitrogens with zero attached hydrogens (tertiary/aromatic N) is 1. The molecule has 5 nitrogen and oxygen atoms in total. The van der Waals surface area contributed by atoms with Crippen LogP contribution < -0.4 is 15.2 Å². The number of pyridine rings is 1. The molecule has 0 unspecified atom stereocenters. The summed E-state index contributed by atoms with van der Waals surface area (Å²) in [5.74, 6) is 1.67. The van der Waals surface area contributed by atoms with E-state index >= 15 is 0 Å². The van der Waals surface area contributed by atoms with Crippen LogP contribution in [0.4, 0.5) is 0 Å². The van der Waals surface area contributed by atoms with E-state index in [0.29, 0.717) is 6.54 Å². The van der Waals surface area contributed by atoms with E-state index in [1.54, 1.807) is 14.2 Å². The molecule has 0 fully saturated rings. The summed E-state index contributed by atoms with van der Waals surface area (Å²) in [5.41, 5.74) is 13.5. The lowest BCUT2D eigenvalue weighted by Crippen LogP contribution is -1.99. The Balaban J connectivity index is 2.00. The van der Waals surface area contributed by atoms with Crippen LogP contribution in [0.25, 0.3) is 33.1 Å². The highest BCUT2D eigenvalue weighted by atomic mass is 16.5. The second-order valence-corrected chi connectivity index (χ2v) is 7.76. The zero-order chi connectivity index (χ0) is 21.3. The van der Waals surface area contributed by atoms with Gasteiger partial charge in [-0.05, 0) is 81.1 Å². The largest absolute Gasteiger partial charge is 0.497 e. The van der Waals surface area contributed by atoms with Gasteiger partial charge in [-0.1, -0.05) is 6.07 Å². The van der Waals surface area contributed by atoms with Gasteiger partial charge in [0.25, 0.3) is 0 Å². The van der Waals surface area contributed by atoms with Gasteiger partial charge in [-0.2, -0.15) is 0 Å². The molecule has 0 atom stereocenters. The van der Waals surface area contributed by atoms with Gasteiger partial charge in [-0.3, -0.25) is 0 Å². The number of benzene rings is 2. The second kappa shape index (κ2) is 8.36. The SMILES string of the molecule is COc1cc(C)c2[nH]c(-c3ccc(OC)c4nc(C)ccc34)c(CCCCN)c2c1. The first-order chi connectivity index (χ1) is 14.6. The number of nitrogens with two attached hydrogens (primary N) is 1. The zero-order valence-corrected chi connectivity index (χ0v) is 18.1. The standard InChI is InChI=1S/C25H29N3O2/c1-15-13-17(29-3)14-21-18(7-5-6-12-26)24(28-23(15)21)19-10-11-22(30-4)25-20(19)9-8-16(2)27-25/h8-11,13-14,28H,5-7,12,26H2,1-4H3. The molecule has 0 aliphatic carbocycles. The maximum Gasteiger partial charge on any atom is 0.145 e. The van der Waals surface area contributed by atoms with Crippen LogP contribution in [0.1, 0.15) is 29.7 Å². The number of hydrogen-bond donors (Lipinski definition) is 2. The number of aryl methyl sites for hydroxylation is 3. The van der Waals surface area contributed by atoms with Crippen LogP contribution in [-0.4, -0.2) is 30.7 Å². The molecular formula is C25H29N3O2. The molecule has 3 N–H and O–H groups in total. The fourth-order valence-corrected chi connectivity index (χ4v) is 4.22. The number of ether oxygens (including phenoxy) is 2. The molecule has 0 aliphatic heterocycles. The monoisotopic (exact) mass is 403 g/mol. The third-order valence-corrected chi connectivity index (χ3v) is 5.75. The van der Waals surface area contributed by atoms with Gasteiger partial charge in [-0.15, -0.1) is 0 Å². The molecule has 4 aromatic rings. The third kappa shape index (κ3) is 3.50. The van der Waals surface area contributed by atoms with E-state index in [9.17, 15) is 0 Å². The van der Waals surface area contributed by atoms with E-state index in [-0.39, 0.29) is 0 Å². The van der Waals surface area contributed by atoms with Crippen LogP contribution in [0.3, 0.4) is 0 Å². The van der Waals surface area contributed by atoms with Crippen molar-refractivity contribution in [3.8, 4) is 22.8 Å². The highest BCUT2D eigenvalue weighted by Crippen LogP contribution is 2.39. The Morgan fingerprint density at radius 2 is 1.80 bits per heavy atom. The first-order valence-corrected chi connectivity index (χ1v) is 10.4. The maximum absolute atomic E-state index is 5.77. The topological polar surface area (TPSA) is 73.2 Å². The molecule has 0 bridgehead atoms. The van der Waals surface area contributed by atoms with E-state index < -0.39 is 0 Å². The number of fused-ring (bicyclic) bond motifs is 2. The number of aromatic amines is 1. The fraction of sp³-hybridized carbons (Fsp3) is 0.320. The average molecular weight is 404 g/mol. The Kier molecular flexibility index (Phi) is 5.64. The predicted molar refractivity (Wildman–Crippen MR) is 124 cm³/mol. The third-order valence-electron chi connectivity index (χ3n) is 5.75. The molecule has 0 aliphatic rings. The molecule has 0 spiro atoms. The first kappa shape index (κ1) is 20.2. The van der Waals surface area contributed by atoms with Crippen molar-refractivity contribution in [3.63, 3.8) is 0 Å². The van der Waals surface area contributed by atoms with Crippen molar-refractivity contribution in [1.82, 2.24) is 9.97 Å². The van der Waals surface area contributed by atoms with Gasteiger partial charge in [0.1, 0.15) is 17.0 Å². The van der Waals surface area contributed by atoms with Crippen molar-refractivity contribution in [2.45, 2.75) is 33.1 Å². The number of unbranched alkanes of at least 4 members (excludes halogenated alkanes) is 1. The fourth-order valence-electron chi connectivity index (χ4n) is 4.22. The zero-order valence-electron chi connectivity index (χ0n) is 18.1. The van der Waals surface area contributed by atoms with Gasteiger partial charge in [-0.25, -0.2) is 4.98 Å².